The number of dihydropyridines is 1. The van der Waals surface area contributed by atoms with Crippen molar-refractivity contribution < 1.29 is 13.2 Å². The minimum absolute atomic E-state index is 0.218. The average Bonchev–Trinajstić information content (AvgIpc) is 3.10. The smallest absolute Gasteiger partial charge is 0.280 e. The number of aromatic nitrogens is 1. The van der Waals surface area contributed by atoms with Crippen LogP contribution in [0.4, 0.5) is 13.2 Å². The molecule has 1 aliphatic rings. The molecule has 30 heavy (non-hydrogen) atoms. The highest BCUT2D eigenvalue weighted by molar-refractivity contribution is 7.19. The van der Waals surface area contributed by atoms with Gasteiger partial charge in [0.2, 0.25) is 0 Å². The van der Waals surface area contributed by atoms with Crippen LogP contribution in [0.3, 0.4) is 0 Å². The molecule has 0 saturated heterocycles. The third-order valence-corrected chi connectivity index (χ3v) is 6.84. The number of hydrogen-bond donors (Lipinski definition) is 0. The molecular formula is C23H20ClF3N2S. The van der Waals surface area contributed by atoms with Gasteiger partial charge in [-0.2, -0.15) is 13.2 Å². The van der Waals surface area contributed by atoms with Gasteiger partial charge < -0.3 is 0 Å². The van der Waals surface area contributed by atoms with Crippen LogP contribution in [0, 0.1) is 5.92 Å². The fourth-order valence-corrected chi connectivity index (χ4v) is 5.03. The van der Waals surface area contributed by atoms with Crippen molar-refractivity contribution in [2.24, 2.45) is 10.9 Å². The van der Waals surface area contributed by atoms with E-state index in [4.69, 9.17) is 11.6 Å². The molecule has 0 N–H and O–H groups in total. The average molecular weight is 449 g/mol. The number of halogens is 4. The standard InChI is InChI=1S/C23H20ClF3N2S/c1-13-9-17(14(2)23(25,26)27)12-20(29-13)21-22-16(7-8-28-21)11-18(30-22)10-15-5-3-4-6-19(15)24/h3-8,11-14H,9-10H2,1-2H3. The van der Waals surface area contributed by atoms with E-state index in [1.54, 1.807) is 23.6 Å². The Hall–Kier alpha value is -2.18. The molecule has 2 atom stereocenters. The van der Waals surface area contributed by atoms with Crippen LogP contribution < -0.4 is 0 Å². The second-order valence-electron chi connectivity index (χ2n) is 7.61. The van der Waals surface area contributed by atoms with E-state index in [-0.39, 0.29) is 6.04 Å². The number of hydrogen-bond acceptors (Lipinski definition) is 3. The first-order valence-electron chi connectivity index (χ1n) is 9.68. The molecule has 156 valence electrons. The van der Waals surface area contributed by atoms with E-state index in [0.29, 0.717) is 34.8 Å². The van der Waals surface area contributed by atoms with Gasteiger partial charge in [-0.1, -0.05) is 35.4 Å². The zero-order valence-electron chi connectivity index (χ0n) is 16.5. The molecule has 0 saturated carbocycles. The van der Waals surface area contributed by atoms with Gasteiger partial charge in [0.1, 0.15) is 5.69 Å². The summed E-state index contributed by atoms with van der Waals surface area (Å²) in [5.74, 6) is -1.50. The quantitative estimate of drug-likeness (QED) is 0.412. The van der Waals surface area contributed by atoms with Crippen molar-refractivity contribution in [1.82, 2.24) is 4.98 Å². The number of thiophene rings is 1. The van der Waals surface area contributed by atoms with Crippen LogP contribution in [0.15, 0.2) is 59.2 Å². The van der Waals surface area contributed by atoms with Crippen molar-refractivity contribution in [1.29, 1.82) is 0 Å². The Morgan fingerprint density at radius 1 is 1.23 bits per heavy atom. The van der Waals surface area contributed by atoms with E-state index in [2.05, 4.69) is 16.0 Å². The number of nitrogens with zero attached hydrogens (tertiary/aromatic N) is 2. The highest BCUT2D eigenvalue weighted by Crippen LogP contribution is 2.37. The fourth-order valence-electron chi connectivity index (χ4n) is 3.65. The van der Waals surface area contributed by atoms with Crippen LogP contribution in [0.5, 0.6) is 0 Å². The third-order valence-electron chi connectivity index (χ3n) is 5.31. The summed E-state index contributed by atoms with van der Waals surface area (Å²) < 4.78 is 40.8. The maximum Gasteiger partial charge on any atom is 0.395 e. The topological polar surface area (TPSA) is 25.2 Å². The van der Waals surface area contributed by atoms with Crippen LogP contribution in [0.1, 0.15) is 36.4 Å². The zero-order chi connectivity index (χ0) is 21.5. The first-order chi connectivity index (χ1) is 14.2. The second-order valence-corrected chi connectivity index (χ2v) is 9.15. The number of pyridine rings is 1. The van der Waals surface area contributed by atoms with Crippen molar-refractivity contribution in [2.75, 3.05) is 0 Å². The Morgan fingerprint density at radius 3 is 2.73 bits per heavy atom. The zero-order valence-corrected chi connectivity index (χ0v) is 18.1. The summed E-state index contributed by atoms with van der Waals surface area (Å²) in [5.41, 5.74) is 2.55. The number of allylic oxidation sites excluding steroid dienone is 1. The van der Waals surface area contributed by atoms with E-state index in [9.17, 15) is 13.2 Å². The van der Waals surface area contributed by atoms with Crippen LogP contribution in [0.25, 0.3) is 10.1 Å². The number of benzene rings is 1. The Labute approximate surface area is 182 Å². The lowest BCUT2D eigenvalue weighted by molar-refractivity contribution is -0.159. The molecule has 0 bridgehead atoms. The molecule has 2 aromatic heterocycles. The van der Waals surface area contributed by atoms with Gasteiger partial charge >= 0.3 is 6.18 Å². The highest BCUT2D eigenvalue weighted by Gasteiger charge is 2.39. The lowest BCUT2D eigenvalue weighted by Crippen LogP contribution is -2.26. The fraction of sp³-hybridized carbons (Fsp3) is 0.304. The molecule has 2 unspecified atom stereocenters. The van der Waals surface area contributed by atoms with Gasteiger partial charge in [0.05, 0.1) is 22.4 Å². The van der Waals surface area contributed by atoms with E-state index in [1.165, 1.54) is 6.92 Å². The first-order valence-corrected chi connectivity index (χ1v) is 10.9. The summed E-state index contributed by atoms with van der Waals surface area (Å²) >= 11 is 7.88. The summed E-state index contributed by atoms with van der Waals surface area (Å²) in [6.07, 6.45) is -0.00603. The molecule has 7 heteroatoms. The molecule has 2 nitrogen and oxygen atoms in total. The number of alkyl halides is 3. The molecule has 0 aliphatic carbocycles. The molecular weight excluding hydrogens is 429 g/mol. The lowest BCUT2D eigenvalue weighted by atomic mass is 9.90. The monoisotopic (exact) mass is 448 g/mol. The van der Waals surface area contributed by atoms with E-state index < -0.39 is 12.1 Å². The van der Waals surface area contributed by atoms with E-state index >= 15 is 0 Å². The molecule has 0 spiro atoms. The maximum atomic E-state index is 13.3. The predicted octanol–water partition coefficient (Wildman–Crippen LogP) is 7.25. The normalized spacial score (nSPS) is 18.3. The van der Waals surface area contributed by atoms with Crippen molar-refractivity contribution in [3.63, 3.8) is 0 Å². The predicted molar refractivity (Wildman–Crippen MR) is 118 cm³/mol. The molecule has 0 fully saturated rings. The molecule has 0 radical (unpaired) electrons. The highest BCUT2D eigenvalue weighted by atomic mass is 35.5. The Kier molecular flexibility index (Phi) is 5.73. The third kappa shape index (κ3) is 4.30. The summed E-state index contributed by atoms with van der Waals surface area (Å²) in [5, 5.41) is 1.72. The summed E-state index contributed by atoms with van der Waals surface area (Å²) in [4.78, 5) is 10.2. The van der Waals surface area contributed by atoms with Gasteiger partial charge in [0, 0.05) is 22.5 Å². The van der Waals surface area contributed by atoms with Crippen LogP contribution in [0.2, 0.25) is 5.02 Å². The first kappa shape index (κ1) is 21.1. The number of rotatable bonds is 4. The SMILES string of the molecule is CC1CC(C(C)C(F)(F)F)=CC(c2nccc3cc(Cc4ccccc4Cl)sc23)=N1. The molecule has 1 aromatic carbocycles. The van der Waals surface area contributed by atoms with Gasteiger partial charge in [0.25, 0.3) is 0 Å². The van der Waals surface area contributed by atoms with Crippen molar-refractivity contribution in [3.05, 3.63) is 75.4 Å². The summed E-state index contributed by atoms with van der Waals surface area (Å²) in [6.45, 7) is 3.05. The van der Waals surface area contributed by atoms with E-state index in [1.807, 2.05) is 37.3 Å². The largest absolute Gasteiger partial charge is 0.395 e. The molecule has 3 aromatic rings. The second kappa shape index (κ2) is 8.16. The van der Waals surface area contributed by atoms with Gasteiger partial charge in [-0.25, -0.2) is 0 Å². The Balaban J connectivity index is 1.73. The van der Waals surface area contributed by atoms with Crippen LogP contribution in [-0.2, 0) is 6.42 Å². The molecule has 0 amide bonds. The van der Waals surface area contributed by atoms with Crippen molar-refractivity contribution >= 4 is 38.7 Å². The van der Waals surface area contributed by atoms with Gasteiger partial charge in [-0.3, -0.25) is 9.98 Å². The molecule has 3 heterocycles. The Morgan fingerprint density at radius 2 is 2.00 bits per heavy atom. The van der Waals surface area contributed by atoms with E-state index in [0.717, 1.165) is 20.5 Å². The van der Waals surface area contributed by atoms with Gasteiger partial charge in [-0.15, -0.1) is 11.3 Å². The summed E-state index contributed by atoms with van der Waals surface area (Å²) in [6, 6.07) is 11.5. The van der Waals surface area contributed by atoms with Crippen molar-refractivity contribution in [3.8, 4) is 0 Å². The lowest BCUT2D eigenvalue weighted by Gasteiger charge is -2.24. The van der Waals surface area contributed by atoms with Crippen molar-refractivity contribution in [2.45, 2.75) is 38.9 Å². The molecule has 4 rings (SSSR count). The number of fused-ring (bicyclic) bond motifs is 1. The van der Waals surface area contributed by atoms with Crippen LogP contribution >= 0.6 is 22.9 Å². The van der Waals surface area contributed by atoms with Gasteiger partial charge in [-0.05, 0) is 55.5 Å². The van der Waals surface area contributed by atoms with Gasteiger partial charge in [0.15, 0.2) is 0 Å². The maximum absolute atomic E-state index is 13.3. The minimum atomic E-state index is -4.27. The minimum Gasteiger partial charge on any atom is -0.280 e. The Bertz CT molecular complexity index is 1150. The molecule has 1 aliphatic heterocycles. The number of aliphatic imine (C=N–C) groups is 1. The summed E-state index contributed by atoms with van der Waals surface area (Å²) in [7, 11) is 0. The van der Waals surface area contributed by atoms with Crippen LogP contribution in [-0.4, -0.2) is 22.9 Å².